The van der Waals surface area contributed by atoms with Crippen molar-refractivity contribution in [2.75, 3.05) is 4.72 Å². The molecule has 0 bridgehead atoms. The molecule has 0 aliphatic heterocycles. The molecule has 0 amide bonds. The number of para-hydroxylation sites is 1. The van der Waals surface area contributed by atoms with Gasteiger partial charge in [0.05, 0.1) is 11.0 Å². The van der Waals surface area contributed by atoms with Gasteiger partial charge in [0.2, 0.25) is 0 Å². The van der Waals surface area contributed by atoms with Crippen LogP contribution in [-0.4, -0.2) is 13.5 Å². The van der Waals surface area contributed by atoms with Gasteiger partial charge in [-0.15, -0.1) is 0 Å². The van der Waals surface area contributed by atoms with E-state index in [2.05, 4.69) is 4.72 Å². The molecule has 4 nitrogen and oxygen atoms in total. The van der Waals surface area contributed by atoms with Crippen molar-refractivity contribution in [1.29, 1.82) is 0 Å². The summed E-state index contributed by atoms with van der Waals surface area (Å²) in [6.07, 6.45) is -0.114. The molecule has 2 N–H and O–H groups in total. The van der Waals surface area contributed by atoms with Crippen LogP contribution in [0.25, 0.3) is 0 Å². The smallest absolute Gasteiger partial charge is 0.261 e. The molecule has 0 heterocycles. The summed E-state index contributed by atoms with van der Waals surface area (Å²) in [5.74, 6) is 0. The second-order valence-corrected chi connectivity index (χ2v) is 6.15. The third-order valence-electron chi connectivity index (χ3n) is 2.97. The van der Waals surface area contributed by atoms with Gasteiger partial charge in [-0.05, 0) is 36.2 Å². The Morgan fingerprint density at radius 2 is 1.80 bits per heavy atom. The van der Waals surface area contributed by atoms with E-state index in [-0.39, 0.29) is 4.90 Å². The highest BCUT2D eigenvalue weighted by atomic mass is 32.2. The van der Waals surface area contributed by atoms with Gasteiger partial charge in [0, 0.05) is 5.69 Å². The van der Waals surface area contributed by atoms with Crippen molar-refractivity contribution in [3.05, 3.63) is 60.2 Å². The fraction of sp³-hybridized carbons (Fsp3) is 0.200. The monoisotopic (exact) mass is 291 g/mol. The molecular weight excluding hydrogens is 274 g/mol. The van der Waals surface area contributed by atoms with Crippen LogP contribution in [0, 0.1) is 0 Å². The van der Waals surface area contributed by atoms with E-state index in [4.69, 9.17) is 0 Å². The summed E-state index contributed by atoms with van der Waals surface area (Å²) in [4.78, 5) is 0.145. The normalized spacial score (nSPS) is 12.9. The zero-order valence-corrected chi connectivity index (χ0v) is 12.0. The van der Waals surface area contributed by atoms with Crippen molar-refractivity contribution in [2.45, 2.75) is 24.3 Å². The molecule has 0 saturated heterocycles. The Kier molecular flexibility index (Phi) is 4.42. The van der Waals surface area contributed by atoms with Crippen molar-refractivity contribution < 1.29 is 13.5 Å². The van der Waals surface area contributed by atoms with Gasteiger partial charge in [-0.2, -0.15) is 0 Å². The number of benzene rings is 2. The fourth-order valence-corrected chi connectivity index (χ4v) is 2.96. The van der Waals surface area contributed by atoms with Gasteiger partial charge >= 0.3 is 0 Å². The number of sulfonamides is 1. The van der Waals surface area contributed by atoms with Crippen LogP contribution in [0.2, 0.25) is 0 Å². The minimum Gasteiger partial charge on any atom is -0.388 e. The molecule has 20 heavy (non-hydrogen) atoms. The lowest BCUT2D eigenvalue weighted by Gasteiger charge is -2.11. The summed E-state index contributed by atoms with van der Waals surface area (Å²) in [6, 6.07) is 15.1. The molecular formula is C15H17NO3S. The Hall–Kier alpha value is -1.85. The molecule has 0 radical (unpaired) electrons. The molecule has 106 valence electrons. The van der Waals surface area contributed by atoms with Crippen molar-refractivity contribution in [3.8, 4) is 0 Å². The first-order valence-electron chi connectivity index (χ1n) is 6.39. The highest BCUT2D eigenvalue weighted by Gasteiger charge is 2.16. The molecule has 2 aromatic rings. The number of aliphatic hydroxyl groups is 1. The molecule has 5 heteroatoms. The number of hydrogen-bond donors (Lipinski definition) is 2. The summed E-state index contributed by atoms with van der Waals surface area (Å²) in [5, 5.41) is 9.79. The predicted octanol–water partition coefficient (Wildman–Crippen LogP) is 2.93. The highest BCUT2D eigenvalue weighted by molar-refractivity contribution is 7.92. The lowest BCUT2D eigenvalue weighted by atomic mass is 10.1. The van der Waals surface area contributed by atoms with Gasteiger partial charge in [0.25, 0.3) is 10.0 Å². The van der Waals surface area contributed by atoms with Crippen LogP contribution in [0.1, 0.15) is 25.0 Å². The molecule has 0 saturated carbocycles. The van der Waals surface area contributed by atoms with Gasteiger partial charge in [0.1, 0.15) is 0 Å². The molecule has 0 spiro atoms. The molecule has 0 aliphatic rings. The maximum atomic E-state index is 12.3. The minimum absolute atomic E-state index is 0.145. The predicted molar refractivity (Wildman–Crippen MR) is 78.9 cm³/mol. The van der Waals surface area contributed by atoms with Crippen LogP contribution >= 0.6 is 0 Å². The van der Waals surface area contributed by atoms with E-state index in [9.17, 15) is 13.5 Å². The summed E-state index contributed by atoms with van der Waals surface area (Å²) < 4.78 is 27.1. The number of rotatable bonds is 5. The SMILES string of the molecule is CCC(O)c1cccc(S(=O)(=O)Nc2ccccc2)c1. The molecule has 0 aliphatic carbocycles. The lowest BCUT2D eigenvalue weighted by molar-refractivity contribution is 0.173. The maximum absolute atomic E-state index is 12.3. The largest absolute Gasteiger partial charge is 0.388 e. The molecule has 0 fully saturated rings. The summed E-state index contributed by atoms with van der Waals surface area (Å²) >= 11 is 0. The van der Waals surface area contributed by atoms with Crippen LogP contribution in [0.4, 0.5) is 5.69 Å². The van der Waals surface area contributed by atoms with Crippen LogP contribution in [0.3, 0.4) is 0 Å². The van der Waals surface area contributed by atoms with E-state index in [1.807, 2.05) is 13.0 Å². The van der Waals surface area contributed by atoms with E-state index in [1.54, 1.807) is 36.4 Å². The van der Waals surface area contributed by atoms with Crippen LogP contribution in [0.15, 0.2) is 59.5 Å². The Balaban J connectivity index is 2.30. The molecule has 0 aromatic heterocycles. The van der Waals surface area contributed by atoms with E-state index in [0.29, 0.717) is 17.7 Å². The van der Waals surface area contributed by atoms with Crippen molar-refractivity contribution in [2.24, 2.45) is 0 Å². The second-order valence-electron chi connectivity index (χ2n) is 4.47. The van der Waals surface area contributed by atoms with Gasteiger partial charge in [-0.3, -0.25) is 4.72 Å². The van der Waals surface area contributed by atoms with E-state index < -0.39 is 16.1 Å². The van der Waals surface area contributed by atoms with E-state index in [0.717, 1.165) is 0 Å². The van der Waals surface area contributed by atoms with Crippen LogP contribution in [-0.2, 0) is 10.0 Å². The van der Waals surface area contributed by atoms with Crippen molar-refractivity contribution in [1.82, 2.24) is 0 Å². The average molecular weight is 291 g/mol. The standard InChI is InChI=1S/C15H17NO3S/c1-2-15(17)12-7-6-10-14(11-12)20(18,19)16-13-8-4-3-5-9-13/h3-11,15-17H,2H2,1H3. The van der Waals surface area contributed by atoms with Gasteiger partial charge in [-0.25, -0.2) is 8.42 Å². The third kappa shape index (κ3) is 3.37. The second kappa shape index (κ2) is 6.07. The maximum Gasteiger partial charge on any atom is 0.261 e. The zero-order valence-electron chi connectivity index (χ0n) is 11.2. The molecule has 2 rings (SSSR count). The zero-order chi connectivity index (χ0) is 14.6. The molecule has 1 atom stereocenters. The first kappa shape index (κ1) is 14.6. The quantitative estimate of drug-likeness (QED) is 0.890. The molecule has 1 unspecified atom stereocenters. The van der Waals surface area contributed by atoms with Gasteiger partial charge in [-0.1, -0.05) is 37.3 Å². The highest BCUT2D eigenvalue weighted by Crippen LogP contribution is 2.21. The first-order valence-corrected chi connectivity index (χ1v) is 7.87. The number of nitrogens with one attached hydrogen (secondary N) is 1. The third-order valence-corrected chi connectivity index (χ3v) is 4.34. The average Bonchev–Trinajstić information content (AvgIpc) is 2.47. The van der Waals surface area contributed by atoms with Gasteiger partial charge < -0.3 is 5.11 Å². The molecule has 2 aromatic carbocycles. The van der Waals surface area contributed by atoms with Crippen molar-refractivity contribution >= 4 is 15.7 Å². The summed E-state index contributed by atoms with van der Waals surface area (Å²) in [5.41, 5.74) is 1.11. The topological polar surface area (TPSA) is 66.4 Å². The lowest BCUT2D eigenvalue weighted by Crippen LogP contribution is -2.13. The minimum atomic E-state index is -3.64. The Morgan fingerprint density at radius 3 is 2.45 bits per heavy atom. The fourth-order valence-electron chi connectivity index (χ4n) is 1.84. The van der Waals surface area contributed by atoms with Gasteiger partial charge in [0.15, 0.2) is 0 Å². The summed E-state index contributed by atoms with van der Waals surface area (Å²) in [6.45, 7) is 1.84. The van der Waals surface area contributed by atoms with E-state index in [1.165, 1.54) is 12.1 Å². The Morgan fingerprint density at radius 1 is 1.10 bits per heavy atom. The first-order chi connectivity index (χ1) is 9.53. The number of anilines is 1. The van der Waals surface area contributed by atoms with Crippen LogP contribution in [0.5, 0.6) is 0 Å². The van der Waals surface area contributed by atoms with Crippen molar-refractivity contribution in [3.63, 3.8) is 0 Å². The number of aliphatic hydroxyl groups excluding tert-OH is 1. The van der Waals surface area contributed by atoms with E-state index >= 15 is 0 Å². The summed E-state index contributed by atoms with van der Waals surface area (Å²) in [7, 11) is -3.64. The number of hydrogen-bond acceptors (Lipinski definition) is 3. The van der Waals surface area contributed by atoms with Crippen LogP contribution < -0.4 is 4.72 Å². The Bertz CT molecular complexity index is 669. The Labute approximate surface area is 119 Å².